The van der Waals surface area contributed by atoms with Gasteiger partial charge in [-0.1, -0.05) is 18.1 Å². The van der Waals surface area contributed by atoms with Crippen molar-refractivity contribution in [2.75, 3.05) is 0 Å². The standard InChI is InChI=1S/C6H8/c1-2-4-5-3-6(4)5/h5H,2-3H2,1H3. The zero-order valence-electron chi connectivity index (χ0n) is 3.99. The van der Waals surface area contributed by atoms with Crippen molar-refractivity contribution in [2.45, 2.75) is 19.8 Å². The van der Waals surface area contributed by atoms with Gasteiger partial charge in [-0.2, -0.15) is 0 Å². The molecule has 0 heteroatoms. The van der Waals surface area contributed by atoms with Crippen molar-refractivity contribution in [1.29, 1.82) is 0 Å². The molecule has 0 aliphatic heterocycles. The highest BCUT2D eigenvalue weighted by Crippen LogP contribution is 2.62. The average Bonchev–Trinajstić information content (AvgIpc) is 2.12. The van der Waals surface area contributed by atoms with E-state index in [0.717, 1.165) is 5.92 Å². The van der Waals surface area contributed by atoms with E-state index < -0.39 is 0 Å². The van der Waals surface area contributed by atoms with Gasteiger partial charge < -0.3 is 0 Å². The molecule has 0 bridgehead atoms. The molecule has 0 amide bonds. The highest BCUT2D eigenvalue weighted by Gasteiger charge is 2.48. The van der Waals surface area contributed by atoms with Crippen LogP contribution in [0.15, 0.2) is 11.1 Å². The lowest BCUT2D eigenvalue weighted by molar-refractivity contribution is 0.996. The van der Waals surface area contributed by atoms with E-state index in [1.165, 1.54) is 12.8 Å². The summed E-state index contributed by atoms with van der Waals surface area (Å²) >= 11 is 0. The lowest BCUT2D eigenvalue weighted by Gasteiger charge is -1.81. The second kappa shape index (κ2) is 0.575. The largest absolute Gasteiger partial charge is 0.0631 e. The lowest BCUT2D eigenvalue weighted by atomic mass is 10.2. The number of hydrogen-bond donors (Lipinski definition) is 0. The molecule has 2 rings (SSSR count). The van der Waals surface area contributed by atoms with Crippen LogP contribution in [0.1, 0.15) is 19.8 Å². The summed E-state index contributed by atoms with van der Waals surface area (Å²) in [6.45, 7) is 2.24. The van der Waals surface area contributed by atoms with Crippen molar-refractivity contribution >= 4 is 0 Å². The molecule has 2 aliphatic carbocycles. The minimum Gasteiger partial charge on any atom is -0.0631 e. The monoisotopic (exact) mass is 80.1 g/mol. The Hall–Kier alpha value is -0.260. The summed E-state index contributed by atoms with van der Waals surface area (Å²) in [5, 5.41) is 0. The molecule has 0 aromatic heterocycles. The maximum absolute atomic E-state index is 2.24. The zero-order valence-corrected chi connectivity index (χ0v) is 3.99. The number of hydrogen-bond acceptors (Lipinski definition) is 0. The van der Waals surface area contributed by atoms with Crippen LogP contribution in [-0.4, -0.2) is 0 Å². The van der Waals surface area contributed by atoms with Gasteiger partial charge in [-0.25, -0.2) is 0 Å². The van der Waals surface area contributed by atoms with E-state index in [1.807, 2.05) is 0 Å². The van der Waals surface area contributed by atoms with E-state index in [-0.39, 0.29) is 0 Å². The first-order valence-electron chi connectivity index (χ1n) is 2.65. The Balaban J connectivity index is 2.17. The smallest absolute Gasteiger partial charge is 0.00505 e. The summed E-state index contributed by atoms with van der Waals surface area (Å²) < 4.78 is 0. The molecule has 0 saturated heterocycles. The Morgan fingerprint density at radius 1 is 1.83 bits per heavy atom. The van der Waals surface area contributed by atoms with Gasteiger partial charge in [0.25, 0.3) is 0 Å². The average molecular weight is 80.1 g/mol. The third-order valence-electron chi connectivity index (χ3n) is 1.82. The van der Waals surface area contributed by atoms with Crippen molar-refractivity contribution in [2.24, 2.45) is 5.92 Å². The predicted molar refractivity (Wildman–Crippen MR) is 25.4 cm³/mol. The topological polar surface area (TPSA) is 0 Å². The Morgan fingerprint density at radius 2 is 2.50 bits per heavy atom. The van der Waals surface area contributed by atoms with Crippen molar-refractivity contribution < 1.29 is 0 Å². The van der Waals surface area contributed by atoms with Crippen LogP contribution in [0.2, 0.25) is 0 Å². The third-order valence-corrected chi connectivity index (χ3v) is 1.82. The quantitative estimate of drug-likeness (QED) is 0.421. The van der Waals surface area contributed by atoms with Crippen LogP contribution in [-0.2, 0) is 0 Å². The minimum atomic E-state index is 1.06. The summed E-state index contributed by atoms with van der Waals surface area (Å²) in [4.78, 5) is 0. The van der Waals surface area contributed by atoms with Crippen LogP contribution in [0, 0.1) is 5.92 Å². The van der Waals surface area contributed by atoms with Crippen molar-refractivity contribution in [3.63, 3.8) is 0 Å². The van der Waals surface area contributed by atoms with Gasteiger partial charge in [0.05, 0.1) is 0 Å². The molecular formula is C6H8. The zero-order chi connectivity index (χ0) is 4.15. The molecule has 1 unspecified atom stereocenters. The molecule has 0 aromatic rings. The molecular weight excluding hydrogens is 72.1 g/mol. The Morgan fingerprint density at radius 3 is 2.50 bits per heavy atom. The highest BCUT2D eigenvalue weighted by molar-refractivity contribution is 5.55. The first-order valence-corrected chi connectivity index (χ1v) is 2.65. The highest BCUT2D eigenvalue weighted by atomic mass is 14.5. The molecule has 2 aliphatic rings. The Labute approximate surface area is 37.9 Å². The molecule has 0 aromatic carbocycles. The lowest BCUT2D eigenvalue weighted by Crippen LogP contribution is -1.65. The summed E-state index contributed by atoms with van der Waals surface area (Å²) in [5.41, 5.74) is 3.56. The van der Waals surface area contributed by atoms with Gasteiger partial charge in [0.15, 0.2) is 0 Å². The van der Waals surface area contributed by atoms with E-state index >= 15 is 0 Å². The van der Waals surface area contributed by atoms with E-state index in [9.17, 15) is 0 Å². The molecule has 0 radical (unpaired) electrons. The van der Waals surface area contributed by atoms with Gasteiger partial charge >= 0.3 is 0 Å². The van der Waals surface area contributed by atoms with E-state index in [4.69, 9.17) is 0 Å². The fraction of sp³-hybridized carbons (Fsp3) is 0.667. The van der Waals surface area contributed by atoms with E-state index in [2.05, 4.69) is 6.92 Å². The summed E-state index contributed by atoms with van der Waals surface area (Å²) in [5.74, 6) is 1.06. The van der Waals surface area contributed by atoms with Crippen molar-refractivity contribution in [1.82, 2.24) is 0 Å². The van der Waals surface area contributed by atoms with Crippen LogP contribution < -0.4 is 0 Å². The molecule has 1 fully saturated rings. The number of allylic oxidation sites excluding steroid dienone is 2. The van der Waals surface area contributed by atoms with Gasteiger partial charge in [0.1, 0.15) is 0 Å². The van der Waals surface area contributed by atoms with Crippen LogP contribution in [0.4, 0.5) is 0 Å². The van der Waals surface area contributed by atoms with Gasteiger partial charge in [0, 0.05) is 5.92 Å². The fourth-order valence-electron chi connectivity index (χ4n) is 1.14. The second-order valence-electron chi connectivity index (χ2n) is 2.16. The molecule has 0 nitrogen and oxygen atoms in total. The first kappa shape index (κ1) is 2.84. The molecule has 32 valence electrons. The van der Waals surface area contributed by atoms with Crippen LogP contribution >= 0.6 is 0 Å². The molecule has 6 heavy (non-hydrogen) atoms. The third kappa shape index (κ3) is 0.149. The van der Waals surface area contributed by atoms with E-state index in [0.29, 0.717) is 0 Å². The summed E-state index contributed by atoms with van der Waals surface area (Å²) in [6.07, 6.45) is 2.79. The minimum absolute atomic E-state index is 1.06. The van der Waals surface area contributed by atoms with Crippen LogP contribution in [0.25, 0.3) is 0 Å². The second-order valence-corrected chi connectivity index (χ2v) is 2.16. The SMILES string of the molecule is CCC1=C2CC12. The van der Waals surface area contributed by atoms with Gasteiger partial charge in [-0.15, -0.1) is 0 Å². The van der Waals surface area contributed by atoms with Gasteiger partial charge in [0.2, 0.25) is 0 Å². The van der Waals surface area contributed by atoms with Crippen LogP contribution in [0.5, 0.6) is 0 Å². The van der Waals surface area contributed by atoms with E-state index in [1.54, 1.807) is 11.1 Å². The summed E-state index contributed by atoms with van der Waals surface area (Å²) in [7, 11) is 0. The molecule has 0 N–H and O–H groups in total. The molecule has 1 atom stereocenters. The maximum atomic E-state index is 2.24. The van der Waals surface area contributed by atoms with Crippen molar-refractivity contribution in [3.05, 3.63) is 11.1 Å². The van der Waals surface area contributed by atoms with Gasteiger partial charge in [-0.05, 0) is 12.8 Å². The normalized spacial score (nSPS) is 36.5. The Kier molecular flexibility index (Phi) is 0.272. The first-order chi connectivity index (χ1) is 2.93. The van der Waals surface area contributed by atoms with Crippen LogP contribution in [0.3, 0.4) is 0 Å². The Bertz CT molecular complexity index is 120. The van der Waals surface area contributed by atoms with Gasteiger partial charge in [-0.3, -0.25) is 0 Å². The number of fused-ring (bicyclic) bond motifs is 1. The molecule has 1 saturated carbocycles. The molecule has 0 heterocycles. The van der Waals surface area contributed by atoms with Crippen molar-refractivity contribution in [3.8, 4) is 0 Å². The summed E-state index contributed by atoms with van der Waals surface area (Å²) in [6, 6.07) is 0. The fourth-order valence-corrected chi connectivity index (χ4v) is 1.14. The predicted octanol–water partition coefficient (Wildman–Crippen LogP) is 1.73. The molecule has 0 spiro atoms. The number of rotatable bonds is 1. The maximum Gasteiger partial charge on any atom is 0.00505 e.